The zero-order valence-electron chi connectivity index (χ0n) is 10.2. The highest BCUT2D eigenvalue weighted by Crippen LogP contribution is 2.25. The van der Waals surface area contributed by atoms with Crippen LogP contribution in [0.2, 0.25) is 0 Å². The smallest absolute Gasteiger partial charge is 0.303 e. The van der Waals surface area contributed by atoms with Gasteiger partial charge < -0.3 is 10.2 Å². The van der Waals surface area contributed by atoms with Crippen molar-refractivity contribution in [2.24, 2.45) is 0 Å². The Morgan fingerprint density at radius 3 is 2.56 bits per heavy atom. The third kappa shape index (κ3) is 3.76. The first-order valence-corrected chi connectivity index (χ1v) is 6.18. The van der Waals surface area contributed by atoms with Gasteiger partial charge in [-0.15, -0.1) is 0 Å². The molecule has 1 rings (SSSR count). The van der Waals surface area contributed by atoms with Crippen LogP contribution >= 0.6 is 0 Å². The molecular weight excluding hydrogens is 206 g/mol. The van der Waals surface area contributed by atoms with Crippen molar-refractivity contribution in [1.29, 1.82) is 0 Å². The summed E-state index contributed by atoms with van der Waals surface area (Å²) in [5.41, 5.74) is 0. The minimum absolute atomic E-state index is 0.214. The molecule has 1 saturated carbocycles. The Morgan fingerprint density at radius 1 is 1.44 bits per heavy atom. The van der Waals surface area contributed by atoms with Crippen LogP contribution in [0.3, 0.4) is 0 Å². The molecule has 0 spiro atoms. The topological polar surface area (TPSA) is 60.8 Å². The Labute approximate surface area is 97.3 Å². The van der Waals surface area contributed by atoms with E-state index in [2.05, 4.69) is 18.7 Å². The van der Waals surface area contributed by atoms with Crippen LogP contribution in [0.25, 0.3) is 0 Å². The predicted molar refractivity (Wildman–Crippen MR) is 62.4 cm³/mol. The van der Waals surface area contributed by atoms with Crippen molar-refractivity contribution in [2.45, 2.75) is 64.1 Å². The van der Waals surface area contributed by atoms with E-state index < -0.39 is 5.97 Å². The average Bonchev–Trinajstić information content (AvgIpc) is 2.58. The van der Waals surface area contributed by atoms with Gasteiger partial charge in [0.2, 0.25) is 0 Å². The lowest BCUT2D eigenvalue weighted by Gasteiger charge is -2.34. The van der Waals surface area contributed by atoms with Crippen LogP contribution in [0.1, 0.15) is 46.0 Å². The van der Waals surface area contributed by atoms with Crippen molar-refractivity contribution in [3.63, 3.8) is 0 Å². The van der Waals surface area contributed by atoms with E-state index in [-0.39, 0.29) is 18.6 Å². The van der Waals surface area contributed by atoms with Gasteiger partial charge in [-0.05, 0) is 46.1 Å². The highest BCUT2D eigenvalue weighted by atomic mass is 16.4. The van der Waals surface area contributed by atoms with Gasteiger partial charge in [-0.1, -0.05) is 0 Å². The fourth-order valence-corrected chi connectivity index (χ4v) is 2.53. The van der Waals surface area contributed by atoms with Gasteiger partial charge in [0.15, 0.2) is 0 Å². The summed E-state index contributed by atoms with van der Waals surface area (Å²) in [4.78, 5) is 12.7. The second-order valence-corrected chi connectivity index (χ2v) is 4.89. The Morgan fingerprint density at radius 2 is 2.12 bits per heavy atom. The van der Waals surface area contributed by atoms with Crippen LogP contribution in [-0.2, 0) is 4.79 Å². The number of aliphatic carboxylic acids is 1. The van der Waals surface area contributed by atoms with Gasteiger partial charge in [0, 0.05) is 18.5 Å². The van der Waals surface area contributed by atoms with Crippen LogP contribution in [0.4, 0.5) is 0 Å². The number of carboxylic acid groups (broad SMARTS) is 1. The van der Waals surface area contributed by atoms with Gasteiger partial charge >= 0.3 is 5.97 Å². The van der Waals surface area contributed by atoms with E-state index in [1.165, 1.54) is 0 Å². The molecule has 0 bridgehead atoms. The van der Waals surface area contributed by atoms with Crippen molar-refractivity contribution >= 4 is 5.97 Å². The van der Waals surface area contributed by atoms with Gasteiger partial charge in [-0.25, -0.2) is 0 Å². The van der Waals surface area contributed by atoms with Crippen molar-refractivity contribution in [1.82, 2.24) is 4.90 Å². The zero-order chi connectivity index (χ0) is 12.1. The first-order chi connectivity index (χ1) is 7.52. The van der Waals surface area contributed by atoms with Crippen LogP contribution in [0, 0.1) is 0 Å². The Kier molecular flexibility index (Phi) is 5.22. The third-order valence-electron chi connectivity index (χ3n) is 3.34. The Hall–Kier alpha value is -0.610. The highest BCUT2D eigenvalue weighted by molar-refractivity contribution is 5.66. The van der Waals surface area contributed by atoms with E-state index in [1.807, 2.05) is 0 Å². The molecule has 0 aromatic rings. The summed E-state index contributed by atoms with van der Waals surface area (Å²) in [6.45, 7) is 4.98. The van der Waals surface area contributed by atoms with Crippen molar-refractivity contribution < 1.29 is 15.0 Å². The van der Waals surface area contributed by atoms with E-state index in [1.54, 1.807) is 0 Å². The molecule has 0 aromatic heterocycles. The largest absolute Gasteiger partial charge is 0.481 e. The van der Waals surface area contributed by atoms with Crippen LogP contribution in [0.15, 0.2) is 0 Å². The summed E-state index contributed by atoms with van der Waals surface area (Å²) >= 11 is 0. The van der Waals surface area contributed by atoms with E-state index in [9.17, 15) is 9.90 Å². The molecule has 0 amide bonds. The summed E-state index contributed by atoms with van der Waals surface area (Å²) in [6.07, 6.45) is 3.64. The van der Waals surface area contributed by atoms with E-state index in [4.69, 9.17) is 5.11 Å². The molecule has 2 unspecified atom stereocenters. The molecule has 4 nitrogen and oxygen atoms in total. The Bertz CT molecular complexity index is 230. The molecule has 0 heterocycles. The zero-order valence-corrected chi connectivity index (χ0v) is 10.2. The number of carbonyl (C=O) groups is 1. The summed E-state index contributed by atoms with van der Waals surface area (Å²) in [5.74, 6) is -0.740. The fourth-order valence-electron chi connectivity index (χ4n) is 2.53. The van der Waals surface area contributed by atoms with Crippen molar-refractivity contribution in [2.75, 3.05) is 6.54 Å². The molecule has 2 atom stereocenters. The SMILES string of the molecule is CC(C)N(CCCC(=O)O)C1CCCC1O. The molecule has 1 aliphatic rings. The lowest BCUT2D eigenvalue weighted by atomic mass is 10.1. The molecule has 2 N–H and O–H groups in total. The predicted octanol–water partition coefficient (Wildman–Crippen LogP) is 1.48. The molecule has 94 valence electrons. The summed E-state index contributed by atoms with van der Waals surface area (Å²) in [5, 5.41) is 18.5. The van der Waals surface area contributed by atoms with Gasteiger partial charge in [-0.2, -0.15) is 0 Å². The van der Waals surface area contributed by atoms with Gasteiger partial charge in [0.1, 0.15) is 0 Å². The minimum Gasteiger partial charge on any atom is -0.481 e. The lowest BCUT2D eigenvalue weighted by molar-refractivity contribution is -0.137. The standard InChI is InChI=1S/C12H23NO3/c1-9(2)13(8-4-7-12(15)16)10-5-3-6-11(10)14/h9-11,14H,3-8H2,1-2H3,(H,15,16). The molecule has 0 aliphatic heterocycles. The third-order valence-corrected chi connectivity index (χ3v) is 3.34. The maximum absolute atomic E-state index is 10.5. The van der Waals surface area contributed by atoms with Crippen molar-refractivity contribution in [3.05, 3.63) is 0 Å². The summed E-state index contributed by atoms with van der Waals surface area (Å²) < 4.78 is 0. The maximum atomic E-state index is 10.5. The number of rotatable bonds is 6. The quantitative estimate of drug-likeness (QED) is 0.724. The number of carboxylic acids is 1. The van der Waals surface area contributed by atoms with Crippen molar-refractivity contribution in [3.8, 4) is 0 Å². The number of nitrogens with zero attached hydrogens (tertiary/aromatic N) is 1. The first kappa shape index (κ1) is 13.5. The molecule has 16 heavy (non-hydrogen) atoms. The van der Waals surface area contributed by atoms with Crippen LogP contribution in [0.5, 0.6) is 0 Å². The average molecular weight is 229 g/mol. The maximum Gasteiger partial charge on any atom is 0.303 e. The Balaban J connectivity index is 2.44. The van der Waals surface area contributed by atoms with E-state index >= 15 is 0 Å². The monoisotopic (exact) mass is 229 g/mol. The first-order valence-electron chi connectivity index (χ1n) is 6.18. The molecule has 0 radical (unpaired) electrons. The molecule has 4 heteroatoms. The molecule has 0 aromatic carbocycles. The number of aliphatic hydroxyl groups is 1. The summed E-state index contributed by atoms with van der Waals surface area (Å²) in [6, 6.07) is 0.598. The number of aliphatic hydroxyl groups excluding tert-OH is 1. The normalized spacial score (nSPS) is 25.6. The lowest BCUT2D eigenvalue weighted by Crippen LogP contribution is -2.45. The molecule has 1 aliphatic carbocycles. The second-order valence-electron chi connectivity index (χ2n) is 4.89. The van der Waals surface area contributed by atoms with E-state index in [0.29, 0.717) is 12.5 Å². The molecule has 1 fully saturated rings. The highest BCUT2D eigenvalue weighted by Gasteiger charge is 2.31. The number of hydrogen-bond donors (Lipinski definition) is 2. The van der Waals surface area contributed by atoms with Gasteiger partial charge in [0.05, 0.1) is 6.10 Å². The molecule has 0 saturated heterocycles. The molecular formula is C12H23NO3. The second kappa shape index (κ2) is 6.21. The minimum atomic E-state index is -0.740. The van der Waals surface area contributed by atoms with Crippen LogP contribution in [-0.4, -0.2) is 45.8 Å². The van der Waals surface area contributed by atoms with Gasteiger partial charge in [0.25, 0.3) is 0 Å². The van der Waals surface area contributed by atoms with Crippen LogP contribution < -0.4 is 0 Å². The number of hydrogen-bond acceptors (Lipinski definition) is 3. The van der Waals surface area contributed by atoms with Gasteiger partial charge in [-0.3, -0.25) is 9.69 Å². The fraction of sp³-hybridized carbons (Fsp3) is 0.917. The van der Waals surface area contributed by atoms with E-state index in [0.717, 1.165) is 25.8 Å². The summed E-state index contributed by atoms with van der Waals surface area (Å²) in [7, 11) is 0.